The van der Waals surface area contributed by atoms with E-state index in [9.17, 15) is 29.4 Å². The van der Waals surface area contributed by atoms with Crippen molar-refractivity contribution in [1.29, 1.82) is 0 Å². The van der Waals surface area contributed by atoms with Gasteiger partial charge in [0.25, 0.3) is 0 Å². The Labute approximate surface area is 202 Å². The van der Waals surface area contributed by atoms with Crippen LogP contribution < -0.4 is 9.61 Å². The smallest absolute Gasteiger partial charge is 0.323 e. The predicted molar refractivity (Wildman–Crippen MR) is 122 cm³/mol. The van der Waals surface area contributed by atoms with Crippen LogP contribution in [0, 0.1) is 29.6 Å². The molecule has 178 valence electrons. The summed E-state index contributed by atoms with van der Waals surface area (Å²) < 4.78 is 5.60. The summed E-state index contributed by atoms with van der Waals surface area (Å²) in [6, 6.07) is 5.21. The average Bonchev–Trinajstić information content (AvgIpc) is 3.51. The van der Waals surface area contributed by atoms with Crippen LogP contribution in [-0.2, 0) is 14.4 Å². The lowest BCUT2D eigenvalue weighted by Crippen LogP contribution is -2.42. The minimum Gasteiger partial charge on any atom is -0.504 e. The number of rotatable bonds is 5. The van der Waals surface area contributed by atoms with E-state index in [1.807, 2.05) is 13.0 Å². The maximum absolute atomic E-state index is 13.2. The molecule has 0 unspecified atom stereocenters. The minimum absolute atomic E-state index is 0.00394. The summed E-state index contributed by atoms with van der Waals surface area (Å²) >= 11 is 2.72. The lowest BCUT2D eigenvalue weighted by molar-refractivity contribution is -0.149. The van der Waals surface area contributed by atoms with E-state index in [-0.39, 0.29) is 51.4 Å². The van der Waals surface area contributed by atoms with E-state index >= 15 is 0 Å². The number of nitrogens with zero attached hydrogens (tertiary/aromatic N) is 1. The van der Waals surface area contributed by atoms with Gasteiger partial charge in [-0.05, 0) is 48.8 Å². The van der Waals surface area contributed by atoms with Gasteiger partial charge >= 0.3 is 10.8 Å². The zero-order valence-corrected chi connectivity index (χ0v) is 19.7. The quantitative estimate of drug-likeness (QED) is 0.529. The van der Waals surface area contributed by atoms with Gasteiger partial charge in [0.05, 0.1) is 23.5 Å². The molecule has 9 nitrogen and oxygen atoms in total. The largest absolute Gasteiger partial charge is 0.504 e. The highest BCUT2D eigenvalue weighted by atomic mass is 32.2. The summed E-state index contributed by atoms with van der Waals surface area (Å²) in [7, 11) is 0. The highest BCUT2D eigenvalue weighted by molar-refractivity contribution is 8.00. The Balaban J connectivity index is 1.45. The number of H-pyrrole nitrogens is 1. The molecule has 11 heteroatoms. The number of carboxylic acid groups (broad SMARTS) is 1. The van der Waals surface area contributed by atoms with E-state index < -0.39 is 24.3 Å². The molecule has 0 spiro atoms. The Morgan fingerprint density at radius 1 is 1.21 bits per heavy atom. The molecule has 6 rings (SSSR count). The first kappa shape index (κ1) is 21.7. The number of hydrogen-bond donors (Lipinski definition) is 3. The van der Waals surface area contributed by atoms with Gasteiger partial charge in [0, 0.05) is 16.0 Å². The van der Waals surface area contributed by atoms with E-state index in [1.54, 1.807) is 23.9 Å². The number of carboxylic acids is 1. The highest BCUT2D eigenvalue weighted by Gasteiger charge is 2.69. The van der Waals surface area contributed by atoms with Crippen LogP contribution in [0.2, 0.25) is 0 Å². The lowest BCUT2D eigenvalue weighted by Gasteiger charge is -2.43. The van der Waals surface area contributed by atoms with Crippen LogP contribution >= 0.6 is 23.1 Å². The number of fused-ring (bicyclic) bond motifs is 9. The second-order valence-electron chi connectivity index (χ2n) is 9.28. The molecular weight excluding hydrogens is 480 g/mol. The molecule has 2 saturated carbocycles. The number of aromatic nitrogens is 1. The van der Waals surface area contributed by atoms with Crippen molar-refractivity contribution in [1.82, 2.24) is 9.88 Å². The first-order chi connectivity index (χ1) is 16.3. The van der Waals surface area contributed by atoms with E-state index in [1.165, 1.54) is 0 Å². The molecule has 2 aliphatic carbocycles. The Kier molecular flexibility index (Phi) is 4.86. The molecule has 4 aliphatic rings. The van der Waals surface area contributed by atoms with Crippen LogP contribution in [0.1, 0.15) is 29.7 Å². The number of thioether (sulfide) groups is 1. The molecule has 1 saturated heterocycles. The molecule has 3 N–H and O–H groups in total. The first-order valence-electron chi connectivity index (χ1n) is 11.2. The zero-order valence-electron chi connectivity index (χ0n) is 18.1. The number of aliphatic carboxylic acids is 1. The number of ether oxygens (including phenoxy) is 1. The number of imide groups is 1. The van der Waals surface area contributed by atoms with Crippen LogP contribution in [0.3, 0.4) is 0 Å². The topological polar surface area (TPSA) is 137 Å². The predicted octanol–water partition coefficient (Wildman–Crippen LogP) is 2.10. The number of phenols is 1. The number of aromatic hydroxyl groups is 1. The normalized spacial score (nSPS) is 33.1. The summed E-state index contributed by atoms with van der Waals surface area (Å²) in [5.74, 6) is -2.97. The standard InChI is InChI=1S/C23H22N2O7S2/c1-2-32-12-5-8(3-4-11(12)26)14-15-9-6-10(18(15)33-20-19(14)34-23(31)24-20)17-16(9)21(29)25(22(17)30)7-13(27)28/h3-5,9-10,14-18,26H,2,6-7H2,1H3,(H,24,31)(H,27,28)/t9-,10+,14-,15+,16+,17+,18+/m0/s1. The van der Waals surface area contributed by atoms with Crippen LogP contribution in [0.15, 0.2) is 28.0 Å². The monoisotopic (exact) mass is 502 g/mol. The van der Waals surface area contributed by atoms with E-state index in [0.717, 1.165) is 38.1 Å². The van der Waals surface area contributed by atoms with Crippen molar-refractivity contribution in [3.63, 3.8) is 0 Å². The molecule has 2 amide bonds. The second kappa shape index (κ2) is 7.61. The SMILES string of the molecule is CCOc1cc([C@@H]2c3sc(=O)[nH]c3S[C@@H]3[C@@H]4C[C@H]([C@H]5C(=O)N(CC(=O)O)C(=O)[C@H]45)[C@H]23)ccc1O. The van der Waals surface area contributed by atoms with Gasteiger partial charge in [-0.25, -0.2) is 0 Å². The Morgan fingerprint density at radius 3 is 2.65 bits per heavy atom. The second-order valence-corrected chi connectivity index (χ2v) is 11.5. The van der Waals surface area contributed by atoms with E-state index in [0.29, 0.717) is 12.4 Å². The Bertz CT molecular complexity index is 1290. The fourth-order valence-electron chi connectivity index (χ4n) is 6.74. The van der Waals surface area contributed by atoms with E-state index in [2.05, 4.69) is 4.98 Å². The van der Waals surface area contributed by atoms with Gasteiger partial charge in [-0.15, -0.1) is 11.8 Å². The first-order valence-corrected chi connectivity index (χ1v) is 12.9. The van der Waals surface area contributed by atoms with Crippen molar-refractivity contribution in [2.24, 2.45) is 29.6 Å². The number of nitrogens with one attached hydrogen (secondary N) is 1. The van der Waals surface area contributed by atoms with E-state index in [4.69, 9.17) is 4.74 Å². The molecule has 34 heavy (non-hydrogen) atoms. The van der Waals surface area contributed by atoms with Gasteiger partial charge in [-0.2, -0.15) is 0 Å². The molecule has 3 heterocycles. The third-order valence-electron chi connectivity index (χ3n) is 7.75. The third kappa shape index (κ3) is 2.92. The molecule has 3 fully saturated rings. The lowest BCUT2D eigenvalue weighted by atomic mass is 9.68. The average molecular weight is 503 g/mol. The minimum atomic E-state index is -1.20. The molecule has 2 aromatic rings. The van der Waals surface area contributed by atoms with Crippen LogP contribution in [-0.4, -0.2) is 56.3 Å². The van der Waals surface area contributed by atoms with Gasteiger partial charge in [0.2, 0.25) is 11.8 Å². The number of hydrogen-bond acceptors (Lipinski definition) is 8. The van der Waals surface area contributed by atoms with Gasteiger partial charge in [0.15, 0.2) is 11.5 Å². The Hall–Kier alpha value is -2.79. The zero-order chi connectivity index (χ0) is 23.9. The van der Waals surface area contributed by atoms with Crippen molar-refractivity contribution in [2.75, 3.05) is 13.2 Å². The van der Waals surface area contributed by atoms with Gasteiger partial charge < -0.3 is 19.9 Å². The van der Waals surface area contributed by atoms with Gasteiger partial charge in [-0.1, -0.05) is 17.4 Å². The third-order valence-corrected chi connectivity index (χ3v) is 10.3. The van der Waals surface area contributed by atoms with Gasteiger partial charge in [-0.3, -0.25) is 24.1 Å². The van der Waals surface area contributed by atoms with Crippen LogP contribution in [0.5, 0.6) is 11.5 Å². The fourth-order valence-corrected chi connectivity index (χ4v) is 9.63. The number of aromatic amines is 1. The summed E-state index contributed by atoms with van der Waals surface area (Å²) in [6.45, 7) is 1.61. The van der Waals surface area contributed by atoms with Crippen molar-refractivity contribution >= 4 is 40.9 Å². The number of thiazole rings is 1. The Morgan fingerprint density at radius 2 is 1.94 bits per heavy atom. The van der Waals surface area contributed by atoms with Gasteiger partial charge in [0.1, 0.15) is 6.54 Å². The number of likely N-dealkylation sites (tertiary alicyclic amines) is 1. The number of phenolic OH excluding ortho intramolecular Hbond substituents is 1. The molecule has 1 aromatic carbocycles. The maximum atomic E-state index is 13.2. The molecular formula is C23H22N2O7S2. The number of carbonyl (C=O) groups is 3. The van der Waals surface area contributed by atoms with Crippen molar-refractivity contribution in [3.8, 4) is 11.5 Å². The summed E-state index contributed by atoms with van der Waals surface area (Å²) in [5.41, 5.74) is 0.885. The molecule has 1 aromatic heterocycles. The summed E-state index contributed by atoms with van der Waals surface area (Å²) in [5, 5.41) is 20.2. The summed E-state index contributed by atoms with van der Waals surface area (Å²) in [6.07, 6.45) is 0.724. The van der Waals surface area contributed by atoms with Crippen molar-refractivity contribution < 1.29 is 29.3 Å². The number of carbonyl (C=O) groups excluding carboxylic acids is 2. The molecule has 7 atom stereocenters. The summed E-state index contributed by atoms with van der Waals surface area (Å²) in [4.78, 5) is 54.5. The highest BCUT2D eigenvalue weighted by Crippen LogP contribution is 2.68. The maximum Gasteiger partial charge on any atom is 0.323 e. The van der Waals surface area contributed by atoms with Crippen LogP contribution in [0.4, 0.5) is 0 Å². The van der Waals surface area contributed by atoms with Crippen molar-refractivity contribution in [3.05, 3.63) is 38.3 Å². The molecule has 0 radical (unpaired) electrons. The molecule has 2 aliphatic heterocycles. The van der Waals surface area contributed by atoms with Crippen molar-refractivity contribution in [2.45, 2.75) is 29.5 Å². The fraction of sp³-hybridized carbons (Fsp3) is 0.478. The van der Waals surface area contributed by atoms with Crippen LogP contribution in [0.25, 0.3) is 0 Å². The number of benzene rings is 1. The number of amides is 2. The molecule has 2 bridgehead atoms.